The number of carbonyl (C=O) groups excluding carboxylic acids is 1. The van der Waals surface area contributed by atoms with Crippen molar-refractivity contribution in [1.29, 1.82) is 0 Å². The number of aromatic nitrogens is 2. The second-order valence-corrected chi connectivity index (χ2v) is 9.17. The summed E-state index contributed by atoms with van der Waals surface area (Å²) in [7, 11) is 0. The summed E-state index contributed by atoms with van der Waals surface area (Å²) >= 11 is 3.18. The van der Waals surface area contributed by atoms with Gasteiger partial charge in [0.05, 0.1) is 25.5 Å². The molecular formula is C21H24N4O2S2. The van der Waals surface area contributed by atoms with E-state index in [1.165, 1.54) is 22.2 Å². The molecule has 1 N–H and O–H groups in total. The number of anilines is 1. The Morgan fingerprint density at radius 2 is 1.97 bits per heavy atom. The standard InChI is InChI=1S/C21H24N4O2S2/c1-14-15(2)29-21-19(14)20(23-17(24-21)12-25-8-10-27-11-9-25)28-13-18(26)22-16-6-4-3-5-7-16/h3-7H,8-13H2,1-2H3,(H,22,26). The monoisotopic (exact) mass is 428 g/mol. The Bertz CT molecular complexity index is 1000. The third kappa shape index (κ3) is 4.95. The lowest BCUT2D eigenvalue weighted by Gasteiger charge is -2.25. The lowest BCUT2D eigenvalue weighted by molar-refractivity contribution is -0.113. The van der Waals surface area contributed by atoms with Gasteiger partial charge in [-0.1, -0.05) is 30.0 Å². The van der Waals surface area contributed by atoms with Crippen molar-refractivity contribution >= 4 is 44.9 Å². The minimum absolute atomic E-state index is 0.0349. The molecule has 0 bridgehead atoms. The predicted octanol–water partition coefficient (Wildman–Crippen LogP) is 3.87. The first-order valence-corrected chi connectivity index (χ1v) is 11.4. The molecule has 29 heavy (non-hydrogen) atoms. The molecule has 1 fully saturated rings. The highest BCUT2D eigenvalue weighted by Gasteiger charge is 2.18. The summed E-state index contributed by atoms with van der Waals surface area (Å²) in [5.41, 5.74) is 2.01. The van der Waals surface area contributed by atoms with Gasteiger partial charge in [0, 0.05) is 29.0 Å². The minimum Gasteiger partial charge on any atom is -0.379 e. The molecule has 8 heteroatoms. The predicted molar refractivity (Wildman–Crippen MR) is 119 cm³/mol. The van der Waals surface area contributed by atoms with Crippen LogP contribution in [0.15, 0.2) is 35.4 Å². The van der Waals surface area contributed by atoms with Gasteiger partial charge in [-0.2, -0.15) is 0 Å². The number of aryl methyl sites for hydroxylation is 2. The van der Waals surface area contributed by atoms with E-state index < -0.39 is 0 Å². The molecule has 0 atom stereocenters. The topological polar surface area (TPSA) is 67.3 Å². The van der Waals surface area contributed by atoms with Gasteiger partial charge < -0.3 is 10.1 Å². The first-order valence-electron chi connectivity index (χ1n) is 9.64. The van der Waals surface area contributed by atoms with Gasteiger partial charge in [-0.3, -0.25) is 9.69 Å². The average Bonchev–Trinajstić information content (AvgIpc) is 3.01. The Kier molecular flexibility index (Phi) is 6.44. The summed E-state index contributed by atoms with van der Waals surface area (Å²) in [5, 5.41) is 4.91. The number of hydrogen-bond acceptors (Lipinski definition) is 7. The number of thiophene rings is 1. The van der Waals surface area contributed by atoms with Gasteiger partial charge >= 0.3 is 0 Å². The van der Waals surface area contributed by atoms with Gasteiger partial charge in [-0.25, -0.2) is 9.97 Å². The van der Waals surface area contributed by atoms with Gasteiger partial charge in [-0.05, 0) is 31.5 Å². The SMILES string of the molecule is Cc1sc2nc(CN3CCOCC3)nc(SCC(=O)Nc3ccccc3)c2c1C. The first kappa shape index (κ1) is 20.3. The number of hydrogen-bond donors (Lipinski definition) is 1. The Balaban J connectivity index is 1.53. The van der Waals surface area contributed by atoms with Crippen LogP contribution in [-0.4, -0.2) is 52.8 Å². The summed E-state index contributed by atoms with van der Waals surface area (Å²) in [4.78, 5) is 26.6. The fraction of sp³-hybridized carbons (Fsp3) is 0.381. The number of fused-ring (bicyclic) bond motifs is 1. The summed E-state index contributed by atoms with van der Waals surface area (Å²) < 4.78 is 5.44. The molecule has 0 radical (unpaired) electrons. The van der Waals surface area contributed by atoms with E-state index in [0.29, 0.717) is 12.3 Å². The molecule has 4 rings (SSSR count). The lowest BCUT2D eigenvalue weighted by atomic mass is 10.2. The maximum atomic E-state index is 12.4. The van der Waals surface area contributed by atoms with Crippen molar-refractivity contribution in [2.24, 2.45) is 0 Å². The van der Waals surface area contributed by atoms with E-state index in [2.05, 4.69) is 24.1 Å². The normalized spacial score (nSPS) is 15.0. The van der Waals surface area contributed by atoms with Crippen molar-refractivity contribution in [1.82, 2.24) is 14.9 Å². The molecule has 0 aliphatic carbocycles. The van der Waals surface area contributed by atoms with E-state index in [0.717, 1.165) is 53.1 Å². The largest absolute Gasteiger partial charge is 0.379 e. The molecule has 1 aromatic carbocycles. The zero-order valence-corrected chi connectivity index (χ0v) is 18.2. The number of carbonyl (C=O) groups is 1. The molecule has 3 heterocycles. The zero-order chi connectivity index (χ0) is 20.2. The quantitative estimate of drug-likeness (QED) is 0.475. The van der Waals surface area contributed by atoms with Crippen LogP contribution in [0, 0.1) is 13.8 Å². The second kappa shape index (κ2) is 9.21. The Labute approximate surface area is 178 Å². The molecule has 0 unspecified atom stereocenters. The van der Waals surface area contributed by atoms with E-state index in [9.17, 15) is 4.79 Å². The average molecular weight is 429 g/mol. The Morgan fingerprint density at radius 1 is 1.21 bits per heavy atom. The third-order valence-electron chi connectivity index (χ3n) is 4.91. The number of thioether (sulfide) groups is 1. The van der Waals surface area contributed by atoms with Crippen molar-refractivity contribution < 1.29 is 9.53 Å². The third-order valence-corrected chi connectivity index (χ3v) is 6.98. The van der Waals surface area contributed by atoms with Crippen LogP contribution in [-0.2, 0) is 16.1 Å². The highest BCUT2D eigenvalue weighted by molar-refractivity contribution is 8.00. The van der Waals surface area contributed by atoms with Gasteiger partial charge in [-0.15, -0.1) is 11.3 Å². The zero-order valence-electron chi connectivity index (χ0n) is 16.6. The van der Waals surface area contributed by atoms with Gasteiger partial charge in [0.1, 0.15) is 15.7 Å². The summed E-state index contributed by atoms with van der Waals surface area (Å²) in [6, 6.07) is 9.52. The number of rotatable bonds is 6. The smallest absolute Gasteiger partial charge is 0.234 e. The van der Waals surface area contributed by atoms with Crippen LogP contribution in [0.4, 0.5) is 5.69 Å². The minimum atomic E-state index is -0.0349. The second-order valence-electron chi connectivity index (χ2n) is 7.00. The van der Waals surface area contributed by atoms with Crippen LogP contribution in [0.2, 0.25) is 0 Å². The lowest BCUT2D eigenvalue weighted by Crippen LogP contribution is -2.36. The first-order chi connectivity index (χ1) is 14.1. The number of nitrogens with zero attached hydrogens (tertiary/aromatic N) is 3. The Hall–Kier alpha value is -2.00. The molecule has 152 valence electrons. The maximum absolute atomic E-state index is 12.4. The fourth-order valence-electron chi connectivity index (χ4n) is 3.24. The van der Waals surface area contributed by atoms with Gasteiger partial charge in [0.25, 0.3) is 0 Å². The van der Waals surface area contributed by atoms with Crippen molar-refractivity contribution in [2.75, 3.05) is 37.4 Å². The van der Waals surface area contributed by atoms with Crippen LogP contribution in [0.3, 0.4) is 0 Å². The highest BCUT2D eigenvalue weighted by Crippen LogP contribution is 2.35. The van der Waals surface area contributed by atoms with Crippen molar-refractivity contribution in [3.8, 4) is 0 Å². The molecule has 1 saturated heterocycles. The van der Waals surface area contributed by atoms with Crippen molar-refractivity contribution in [3.05, 3.63) is 46.6 Å². The van der Waals surface area contributed by atoms with Crippen LogP contribution < -0.4 is 5.32 Å². The van der Waals surface area contributed by atoms with Crippen LogP contribution in [0.25, 0.3) is 10.2 Å². The summed E-state index contributed by atoms with van der Waals surface area (Å²) in [5.74, 6) is 1.09. The summed E-state index contributed by atoms with van der Waals surface area (Å²) in [6.45, 7) is 8.21. The van der Waals surface area contributed by atoms with E-state index in [1.807, 2.05) is 30.3 Å². The number of para-hydroxylation sites is 1. The molecule has 0 saturated carbocycles. The molecule has 1 amide bonds. The number of nitrogens with one attached hydrogen (secondary N) is 1. The van der Waals surface area contributed by atoms with Crippen LogP contribution in [0.1, 0.15) is 16.3 Å². The van der Waals surface area contributed by atoms with Crippen molar-refractivity contribution in [2.45, 2.75) is 25.4 Å². The maximum Gasteiger partial charge on any atom is 0.234 e. The number of ether oxygens (including phenoxy) is 1. The molecule has 2 aromatic heterocycles. The molecule has 1 aliphatic rings. The molecule has 0 spiro atoms. The molecule has 3 aromatic rings. The van der Waals surface area contributed by atoms with E-state index in [4.69, 9.17) is 14.7 Å². The van der Waals surface area contributed by atoms with Crippen LogP contribution in [0.5, 0.6) is 0 Å². The Morgan fingerprint density at radius 3 is 2.72 bits per heavy atom. The van der Waals surface area contributed by atoms with E-state index in [-0.39, 0.29) is 5.91 Å². The van der Waals surface area contributed by atoms with E-state index >= 15 is 0 Å². The number of benzene rings is 1. The van der Waals surface area contributed by atoms with Crippen LogP contribution >= 0.6 is 23.1 Å². The fourth-order valence-corrected chi connectivity index (χ4v) is 5.26. The number of morpholine rings is 1. The van der Waals surface area contributed by atoms with Crippen molar-refractivity contribution in [3.63, 3.8) is 0 Å². The molecule has 1 aliphatic heterocycles. The number of amides is 1. The van der Waals surface area contributed by atoms with Gasteiger partial charge in [0.15, 0.2) is 0 Å². The van der Waals surface area contributed by atoms with E-state index in [1.54, 1.807) is 11.3 Å². The highest BCUT2D eigenvalue weighted by atomic mass is 32.2. The van der Waals surface area contributed by atoms with Gasteiger partial charge in [0.2, 0.25) is 5.91 Å². The summed E-state index contributed by atoms with van der Waals surface area (Å²) in [6.07, 6.45) is 0. The molecular weight excluding hydrogens is 404 g/mol. The molecule has 6 nitrogen and oxygen atoms in total.